The van der Waals surface area contributed by atoms with Crippen LogP contribution in [0.4, 0.5) is 0 Å². The number of rotatable bonds is 6. The Morgan fingerprint density at radius 3 is 2.36 bits per heavy atom. The number of benzene rings is 3. The number of hydrogen-bond donors (Lipinski definition) is 1. The van der Waals surface area contributed by atoms with Gasteiger partial charge in [-0.3, -0.25) is 4.79 Å². The van der Waals surface area contributed by atoms with E-state index < -0.39 is 0 Å². The Labute approximate surface area is 194 Å². The molecule has 0 fully saturated rings. The van der Waals surface area contributed by atoms with Gasteiger partial charge in [0.15, 0.2) is 0 Å². The summed E-state index contributed by atoms with van der Waals surface area (Å²) < 4.78 is 8.04. The lowest BCUT2D eigenvalue weighted by molar-refractivity contribution is 0.0935. The zero-order valence-corrected chi connectivity index (χ0v) is 18.6. The predicted octanol–water partition coefficient (Wildman–Crippen LogP) is 5.90. The van der Waals surface area contributed by atoms with Gasteiger partial charge >= 0.3 is 0 Å². The Morgan fingerprint density at radius 1 is 0.970 bits per heavy atom. The van der Waals surface area contributed by atoms with Crippen LogP contribution in [0.3, 0.4) is 0 Å². The molecule has 0 unspecified atom stereocenters. The van der Waals surface area contributed by atoms with Crippen LogP contribution in [0, 0.1) is 0 Å². The molecule has 1 aliphatic heterocycles. The van der Waals surface area contributed by atoms with Crippen LogP contribution in [0.2, 0.25) is 0 Å². The Kier molecular flexibility index (Phi) is 5.94. The van der Waals surface area contributed by atoms with E-state index in [4.69, 9.17) is 4.74 Å². The number of fused-ring (bicyclic) bond motifs is 1. The maximum Gasteiger partial charge on any atom is 0.271 e. The molecule has 3 aromatic carbocycles. The quantitative estimate of drug-likeness (QED) is 0.409. The van der Waals surface area contributed by atoms with Crippen LogP contribution in [0.25, 0.3) is 0 Å². The standard InChI is InChI=1S/C28H27N3O2/c1-20(21-8-4-2-5-9-21)29-28(32)26-19-31-18-23(14-17-27(31)30-26)22-12-15-25(16-13-22)33-24-10-6-3-7-11-24/h2-13,15-16,19-20,23H,14,17-18H2,1H3,(H,29,32)/t20-,23-/m1/s1. The lowest BCUT2D eigenvalue weighted by atomic mass is 9.91. The fourth-order valence-electron chi connectivity index (χ4n) is 4.35. The molecule has 5 heteroatoms. The van der Waals surface area contributed by atoms with Crippen molar-refractivity contribution in [3.8, 4) is 11.5 Å². The zero-order valence-electron chi connectivity index (χ0n) is 18.6. The second-order valence-corrected chi connectivity index (χ2v) is 8.52. The van der Waals surface area contributed by atoms with E-state index >= 15 is 0 Å². The second-order valence-electron chi connectivity index (χ2n) is 8.52. The van der Waals surface area contributed by atoms with Gasteiger partial charge in [0, 0.05) is 25.1 Å². The first-order valence-corrected chi connectivity index (χ1v) is 11.4. The molecule has 4 aromatic rings. The van der Waals surface area contributed by atoms with Crippen molar-refractivity contribution in [3.63, 3.8) is 0 Å². The van der Waals surface area contributed by atoms with Gasteiger partial charge in [0.25, 0.3) is 5.91 Å². The topological polar surface area (TPSA) is 56.2 Å². The first kappa shape index (κ1) is 21.0. The number of hydrogen-bond acceptors (Lipinski definition) is 3. The van der Waals surface area contributed by atoms with E-state index in [1.807, 2.05) is 85.9 Å². The highest BCUT2D eigenvalue weighted by atomic mass is 16.5. The summed E-state index contributed by atoms with van der Waals surface area (Å²) in [6.45, 7) is 2.81. The number of para-hydroxylation sites is 1. The molecule has 1 aliphatic rings. The molecule has 1 N–H and O–H groups in total. The van der Waals surface area contributed by atoms with Crippen LogP contribution in [0.5, 0.6) is 11.5 Å². The van der Waals surface area contributed by atoms with Gasteiger partial charge in [-0.25, -0.2) is 4.98 Å². The summed E-state index contributed by atoms with van der Waals surface area (Å²) in [5, 5.41) is 3.06. The minimum absolute atomic E-state index is 0.0678. The summed E-state index contributed by atoms with van der Waals surface area (Å²) in [4.78, 5) is 17.4. The van der Waals surface area contributed by atoms with Crippen molar-refractivity contribution in [2.45, 2.75) is 38.3 Å². The number of nitrogens with zero attached hydrogens (tertiary/aromatic N) is 2. The summed E-state index contributed by atoms with van der Waals surface area (Å²) in [6.07, 6.45) is 3.76. The van der Waals surface area contributed by atoms with Gasteiger partial charge in [-0.15, -0.1) is 0 Å². The highest BCUT2D eigenvalue weighted by Crippen LogP contribution is 2.31. The number of amides is 1. The van der Waals surface area contributed by atoms with Crippen LogP contribution in [-0.2, 0) is 13.0 Å². The average Bonchev–Trinajstić information content (AvgIpc) is 3.29. The van der Waals surface area contributed by atoms with E-state index in [9.17, 15) is 4.79 Å². The van der Waals surface area contributed by atoms with Crippen LogP contribution in [-0.4, -0.2) is 15.5 Å². The van der Waals surface area contributed by atoms with E-state index in [0.717, 1.165) is 42.3 Å². The lowest BCUT2D eigenvalue weighted by Crippen LogP contribution is -2.26. The molecule has 33 heavy (non-hydrogen) atoms. The molecule has 1 amide bonds. The Balaban J connectivity index is 1.23. The van der Waals surface area contributed by atoms with Crippen molar-refractivity contribution in [3.05, 3.63) is 114 Å². The minimum atomic E-state index is -0.132. The molecule has 0 spiro atoms. The van der Waals surface area contributed by atoms with Gasteiger partial charge in [0.1, 0.15) is 23.0 Å². The van der Waals surface area contributed by atoms with E-state index in [0.29, 0.717) is 11.6 Å². The van der Waals surface area contributed by atoms with Crippen molar-refractivity contribution in [1.82, 2.24) is 14.9 Å². The summed E-state index contributed by atoms with van der Waals surface area (Å²) in [7, 11) is 0. The van der Waals surface area contributed by atoms with E-state index in [1.165, 1.54) is 5.56 Å². The second kappa shape index (κ2) is 9.33. The number of carbonyl (C=O) groups excluding carboxylic acids is 1. The molecule has 0 radical (unpaired) electrons. The number of imidazole rings is 1. The number of aryl methyl sites for hydroxylation is 1. The molecule has 0 saturated carbocycles. The molecule has 0 saturated heterocycles. The van der Waals surface area contributed by atoms with Crippen molar-refractivity contribution in [2.75, 3.05) is 0 Å². The van der Waals surface area contributed by atoms with Crippen LogP contribution in [0.15, 0.2) is 91.1 Å². The van der Waals surface area contributed by atoms with Gasteiger partial charge < -0.3 is 14.6 Å². The molecule has 5 nitrogen and oxygen atoms in total. The first-order chi connectivity index (χ1) is 16.2. The van der Waals surface area contributed by atoms with Crippen molar-refractivity contribution < 1.29 is 9.53 Å². The average molecular weight is 438 g/mol. The lowest BCUT2D eigenvalue weighted by Gasteiger charge is -2.24. The predicted molar refractivity (Wildman–Crippen MR) is 129 cm³/mol. The fraction of sp³-hybridized carbons (Fsp3) is 0.214. The molecule has 2 heterocycles. The molecule has 0 aliphatic carbocycles. The van der Waals surface area contributed by atoms with Crippen LogP contribution in [0.1, 0.15) is 52.7 Å². The van der Waals surface area contributed by atoms with Crippen molar-refractivity contribution in [1.29, 1.82) is 0 Å². The number of nitrogens with one attached hydrogen (secondary N) is 1. The highest BCUT2D eigenvalue weighted by Gasteiger charge is 2.24. The molecule has 1 aromatic heterocycles. The first-order valence-electron chi connectivity index (χ1n) is 11.4. The van der Waals surface area contributed by atoms with Gasteiger partial charge in [-0.1, -0.05) is 60.7 Å². The van der Waals surface area contributed by atoms with Gasteiger partial charge in [-0.05, 0) is 48.7 Å². The van der Waals surface area contributed by atoms with E-state index in [2.05, 4.69) is 27.0 Å². The molecule has 2 atom stereocenters. The maximum atomic E-state index is 12.8. The largest absolute Gasteiger partial charge is 0.457 e. The normalized spacial score (nSPS) is 16.0. The molecule has 0 bridgehead atoms. The van der Waals surface area contributed by atoms with Gasteiger partial charge in [0.05, 0.1) is 6.04 Å². The van der Waals surface area contributed by atoms with E-state index in [1.54, 1.807) is 0 Å². The molecule has 166 valence electrons. The van der Waals surface area contributed by atoms with Crippen LogP contribution < -0.4 is 10.1 Å². The SMILES string of the molecule is C[C@@H](NC(=O)c1cn2c(n1)CC[C@@H](c1ccc(Oc3ccccc3)cc1)C2)c1ccccc1. The highest BCUT2D eigenvalue weighted by molar-refractivity contribution is 5.92. The third kappa shape index (κ3) is 4.82. The number of ether oxygens (including phenoxy) is 1. The fourth-order valence-corrected chi connectivity index (χ4v) is 4.35. The maximum absolute atomic E-state index is 12.8. The Bertz CT molecular complexity index is 1220. The minimum Gasteiger partial charge on any atom is -0.457 e. The summed E-state index contributed by atoms with van der Waals surface area (Å²) in [5.41, 5.74) is 2.84. The van der Waals surface area contributed by atoms with Crippen LogP contribution >= 0.6 is 0 Å². The van der Waals surface area contributed by atoms with E-state index in [-0.39, 0.29) is 11.9 Å². The number of aromatic nitrogens is 2. The smallest absolute Gasteiger partial charge is 0.271 e. The third-order valence-corrected chi connectivity index (χ3v) is 6.20. The summed E-state index contributed by atoms with van der Waals surface area (Å²) in [6, 6.07) is 28.0. The van der Waals surface area contributed by atoms with Crippen molar-refractivity contribution >= 4 is 5.91 Å². The Hall–Kier alpha value is -3.86. The van der Waals surface area contributed by atoms with Crippen molar-refractivity contribution in [2.24, 2.45) is 0 Å². The third-order valence-electron chi connectivity index (χ3n) is 6.20. The molecular weight excluding hydrogens is 410 g/mol. The number of carbonyl (C=O) groups is 1. The zero-order chi connectivity index (χ0) is 22.6. The summed E-state index contributed by atoms with van der Waals surface area (Å²) >= 11 is 0. The van der Waals surface area contributed by atoms with Gasteiger partial charge in [0.2, 0.25) is 0 Å². The summed E-state index contributed by atoms with van der Waals surface area (Å²) in [5.74, 6) is 2.89. The monoisotopic (exact) mass is 437 g/mol. The molecular formula is C28H27N3O2. The molecule has 5 rings (SSSR count). The Morgan fingerprint density at radius 2 is 1.64 bits per heavy atom. The van der Waals surface area contributed by atoms with Gasteiger partial charge in [-0.2, -0.15) is 0 Å².